The fraction of sp³-hybridized carbons (Fsp3) is 0.350. The van der Waals surface area contributed by atoms with Gasteiger partial charge in [0.2, 0.25) is 15.9 Å². The van der Waals surface area contributed by atoms with Gasteiger partial charge in [-0.2, -0.15) is 0 Å². The molecule has 0 aliphatic heterocycles. The van der Waals surface area contributed by atoms with Crippen molar-refractivity contribution in [3.8, 4) is 0 Å². The van der Waals surface area contributed by atoms with Gasteiger partial charge >= 0.3 is 0 Å². The van der Waals surface area contributed by atoms with E-state index in [0.29, 0.717) is 6.54 Å². The molecule has 0 saturated carbocycles. The number of hydrogen-bond donors (Lipinski definition) is 1. The van der Waals surface area contributed by atoms with Gasteiger partial charge in [0.05, 0.1) is 10.8 Å². The third-order valence-electron chi connectivity index (χ3n) is 4.85. The number of rotatable bonds is 5. The van der Waals surface area contributed by atoms with Crippen LogP contribution in [0.25, 0.3) is 0 Å². The van der Waals surface area contributed by atoms with Crippen LogP contribution in [-0.2, 0) is 27.8 Å². The van der Waals surface area contributed by atoms with Gasteiger partial charge in [0.15, 0.2) is 0 Å². The lowest BCUT2D eigenvalue weighted by Gasteiger charge is -2.24. The average molecular weight is 372 g/mol. The highest BCUT2D eigenvalue weighted by atomic mass is 32.2. The summed E-state index contributed by atoms with van der Waals surface area (Å²) in [7, 11) is -0.419. The Morgan fingerprint density at radius 1 is 1.12 bits per heavy atom. The SMILES string of the molecule is CN(C)S(=O)(=O)c1ccc(CNC(=O)[C@@H]2CCCc3ccccc32)cc1. The summed E-state index contributed by atoms with van der Waals surface area (Å²) in [4.78, 5) is 12.9. The zero-order chi connectivity index (χ0) is 18.7. The second-order valence-corrected chi connectivity index (χ2v) is 8.94. The standard InChI is InChI=1S/C20H24N2O3S/c1-22(2)26(24,25)17-12-10-15(11-13-17)14-21-20(23)19-9-5-7-16-6-3-4-8-18(16)19/h3-4,6,8,10-13,19H,5,7,9,14H2,1-2H3,(H,21,23)/t19-/m1/s1. The monoisotopic (exact) mass is 372 g/mol. The van der Waals surface area contributed by atoms with Crippen LogP contribution in [0.3, 0.4) is 0 Å². The fourth-order valence-electron chi connectivity index (χ4n) is 3.33. The van der Waals surface area contributed by atoms with Gasteiger partial charge in [-0.1, -0.05) is 36.4 Å². The van der Waals surface area contributed by atoms with E-state index in [0.717, 1.165) is 30.4 Å². The number of nitrogens with one attached hydrogen (secondary N) is 1. The molecule has 1 aliphatic rings. The third-order valence-corrected chi connectivity index (χ3v) is 6.68. The number of carbonyl (C=O) groups excluding carboxylic acids is 1. The van der Waals surface area contributed by atoms with Gasteiger partial charge in [-0.25, -0.2) is 12.7 Å². The van der Waals surface area contributed by atoms with E-state index in [1.165, 1.54) is 24.0 Å². The predicted molar refractivity (Wildman–Crippen MR) is 101 cm³/mol. The molecule has 0 unspecified atom stereocenters. The van der Waals surface area contributed by atoms with Crippen molar-refractivity contribution in [2.24, 2.45) is 0 Å². The molecule has 0 radical (unpaired) electrons. The molecular formula is C20H24N2O3S. The van der Waals surface area contributed by atoms with Gasteiger partial charge in [-0.3, -0.25) is 4.79 Å². The zero-order valence-corrected chi connectivity index (χ0v) is 15.9. The molecule has 0 bridgehead atoms. The highest BCUT2D eigenvalue weighted by Crippen LogP contribution is 2.31. The van der Waals surface area contributed by atoms with E-state index in [9.17, 15) is 13.2 Å². The molecular weight excluding hydrogens is 348 g/mol. The lowest BCUT2D eigenvalue weighted by Crippen LogP contribution is -2.31. The number of aryl methyl sites for hydroxylation is 1. The maximum atomic E-state index is 12.6. The van der Waals surface area contributed by atoms with E-state index >= 15 is 0 Å². The van der Waals surface area contributed by atoms with Crippen LogP contribution >= 0.6 is 0 Å². The quantitative estimate of drug-likeness (QED) is 0.877. The van der Waals surface area contributed by atoms with Crippen LogP contribution in [0.4, 0.5) is 0 Å². The Morgan fingerprint density at radius 3 is 2.50 bits per heavy atom. The normalized spacial score (nSPS) is 17.0. The third kappa shape index (κ3) is 3.81. The highest BCUT2D eigenvalue weighted by Gasteiger charge is 2.25. The minimum atomic E-state index is -3.43. The van der Waals surface area contributed by atoms with E-state index in [2.05, 4.69) is 11.4 Å². The van der Waals surface area contributed by atoms with Crippen molar-refractivity contribution < 1.29 is 13.2 Å². The highest BCUT2D eigenvalue weighted by molar-refractivity contribution is 7.89. The number of amides is 1. The Hall–Kier alpha value is -2.18. The Morgan fingerprint density at radius 2 is 1.81 bits per heavy atom. The molecule has 0 heterocycles. The molecule has 1 atom stereocenters. The average Bonchev–Trinajstić information content (AvgIpc) is 2.66. The Labute approximate surface area is 155 Å². The summed E-state index contributed by atoms with van der Waals surface area (Å²) in [5.41, 5.74) is 3.26. The van der Waals surface area contributed by atoms with Crippen LogP contribution in [0, 0.1) is 0 Å². The van der Waals surface area contributed by atoms with Crippen molar-refractivity contribution in [2.45, 2.75) is 36.6 Å². The number of carbonyl (C=O) groups is 1. The van der Waals surface area contributed by atoms with Gasteiger partial charge in [-0.05, 0) is 48.1 Å². The first kappa shape index (κ1) is 18.6. The van der Waals surface area contributed by atoms with Crippen molar-refractivity contribution >= 4 is 15.9 Å². The predicted octanol–water partition coefficient (Wildman–Crippen LogP) is 2.67. The van der Waals surface area contributed by atoms with Crippen LogP contribution in [0.2, 0.25) is 0 Å². The van der Waals surface area contributed by atoms with E-state index < -0.39 is 10.0 Å². The van der Waals surface area contributed by atoms with E-state index in [1.807, 2.05) is 18.2 Å². The van der Waals surface area contributed by atoms with Gasteiger partial charge in [0.1, 0.15) is 0 Å². The molecule has 138 valence electrons. The molecule has 2 aromatic carbocycles. The van der Waals surface area contributed by atoms with Crippen molar-refractivity contribution in [2.75, 3.05) is 14.1 Å². The maximum absolute atomic E-state index is 12.6. The minimum Gasteiger partial charge on any atom is -0.351 e. The smallest absolute Gasteiger partial charge is 0.242 e. The molecule has 0 saturated heterocycles. The van der Waals surface area contributed by atoms with Crippen molar-refractivity contribution in [3.05, 3.63) is 65.2 Å². The first-order valence-corrected chi connectivity index (χ1v) is 10.2. The van der Waals surface area contributed by atoms with Gasteiger partial charge in [0, 0.05) is 20.6 Å². The Kier molecular flexibility index (Phi) is 5.44. The molecule has 5 nitrogen and oxygen atoms in total. The van der Waals surface area contributed by atoms with Crippen molar-refractivity contribution in [3.63, 3.8) is 0 Å². The first-order chi connectivity index (χ1) is 12.4. The summed E-state index contributed by atoms with van der Waals surface area (Å²) < 4.78 is 25.4. The second kappa shape index (κ2) is 7.60. The number of fused-ring (bicyclic) bond motifs is 1. The summed E-state index contributed by atoms with van der Waals surface area (Å²) in [6.45, 7) is 0.389. The van der Waals surface area contributed by atoms with Crippen LogP contribution in [0.5, 0.6) is 0 Å². The second-order valence-electron chi connectivity index (χ2n) is 6.79. The summed E-state index contributed by atoms with van der Waals surface area (Å²) >= 11 is 0. The van der Waals surface area contributed by atoms with Gasteiger partial charge in [0.25, 0.3) is 0 Å². The maximum Gasteiger partial charge on any atom is 0.242 e. The summed E-state index contributed by atoms with van der Waals surface area (Å²) in [5.74, 6) is -0.0736. The Bertz CT molecular complexity index is 890. The molecule has 6 heteroatoms. The van der Waals surface area contributed by atoms with E-state index in [4.69, 9.17) is 0 Å². The molecule has 0 fully saturated rings. The van der Waals surface area contributed by atoms with Crippen LogP contribution in [-0.4, -0.2) is 32.7 Å². The van der Waals surface area contributed by atoms with Crippen molar-refractivity contribution in [1.82, 2.24) is 9.62 Å². The molecule has 0 aromatic heterocycles. The molecule has 1 aliphatic carbocycles. The topological polar surface area (TPSA) is 66.5 Å². The summed E-state index contributed by atoms with van der Waals surface area (Å²) in [5, 5.41) is 2.99. The number of benzene rings is 2. The number of hydrogen-bond acceptors (Lipinski definition) is 3. The zero-order valence-electron chi connectivity index (χ0n) is 15.1. The van der Waals surface area contributed by atoms with Crippen LogP contribution in [0.15, 0.2) is 53.4 Å². The molecule has 0 spiro atoms. The van der Waals surface area contributed by atoms with E-state index in [1.54, 1.807) is 24.3 Å². The molecule has 1 amide bonds. The Balaban J connectivity index is 1.66. The van der Waals surface area contributed by atoms with Gasteiger partial charge < -0.3 is 5.32 Å². The lowest BCUT2D eigenvalue weighted by molar-refractivity contribution is -0.123. The largest absolute Gasteiger partial charge is 0.351 e. The lowest BCUT2D eigenvalue weighted by atomic mass is 9.82. The first-order valence-electron chi connectivity index (χ1n) is 8.76. The molecule has 2 aromatic rings. The van der Waals surface area contributed by atoms with Gasteiger partial charge in [-0.15, -0.1) is 0 Å². The molecule has 1 N–H and O–H groups in total. The number of nitrogens with zero attached hydrogens (tertiary/aromatic N) is 1. The van der Waals surface area contributed by atoms with Crippen LogP contribution in [0.1, 0.15) is 35.4 Å². The van der Waals surface area contributed by atoms with Crippen molar-refractivity contribution in [1.29, 1.82) is 0 Å². The fourth-order valence-corrected chi connectivity index (χ4v) is 4.23. The summed E-state index contributed by atoms with van der Waals surface area (Å²) in [6.07, 6.45) is 2.91. The summed E-state index contributed by atoms with van der Waals surface area (Å²) in [6, 6.07) is 14.8. The molecule has 3 rings (SSSR count). The molecule has 26 heavy (non-hydrogen) atoms. The van der Waals surface area contributed by atoms with Crippen LogP contribution < -0.4 is 5.32 Å². The van der Waals surface area contributed by atoms with E-state index in [-0.39, 0.29) is 16.7 Å². The number of sulfonamides is 1. The minimum absolute atomic E-state index is 0.0298.